The molecule has 2 aromatic carbocycles. The zero-order valence-electron chi connectivity index (χ0n) is 16.3. The van der Waals surface area contributed by atoms with Crippen molar-refractivity contribution in [2.75, 3.05) is 5.32 Å². The normalized spacial score (nSPS) is 10.8. The van der Waals surface area contributed by atoms with Gasteiger partial charge in [-0.3, -0.25) is 14.9 Å². The number of nitro groups is 1. The van der Waals surface area contributed by atoms with Crippen LogP contribution >= 0.6 is 11.6 Å². The Labute approximate surface area is 181 Å². The van der Waals surface area contributed by atoms with Gasteiger partial charge in [0.05, 0.1) is 17.7 Å². The number of nitro benzene ring substituents is 1. The summed E-state index contributed by atoms with van der Waals surface area (Å²) in [5.41, 5.74) is 1.48. The number of carbonyl (C=O) groups excluding carboxylic acids is 1. The lowest BCUT2D eigenvalue weighted by atomic mass is 10.1. The van der Waals surface area contributed by atoms with Crippen LogP contribution in [0.25, 0.3) is 11.4 Å². The van der Waals surface area contributed by atoms with Crippen LogP contribution in [-0.2, 0) is 6.54 Å². The average molecular weight is 438 g/mol. The fourth-order valence-electron chi connectivity index (χ4n) is 2.88. The molecule has 31 heavy (non-hydrogen) atoms. The molecule has 0 aliphatic heterocycles. The number of carbonyl (C=O) groups is 1. The minimum atomic E-state index is -0.645. The molecular weight excluding hydrogens is 422 g/mol. The molecule has 9 nitrogen and oxygen atoms in total. The summed E-state index contributed by atoms with van der Waals surface area (Å²) in [5.74, 6) is 0.557. The summed E-state index contributed by atoms with van der Waals surface area (Å²) in [6.07, 6.45) is 1.54. The maximum atomic E-state index is 13.1. The van der Waals surface area contributed by atoms with Crippen LogP contribution in [0.2, 0.25) is 5.02 Å². The second kappa shape index (κ2) is 8.41. The van der Waals surface area contributed by atoms with E-state index in [-0.39, 0.29) is 28.8 Å². The lowest BCUT2D eigenvalue weighted by Gasteiger charge is -2.06. The highest BCUT2D eigenvalue weighted by Crippen LogP contribution is 2.26. The minimum absolute atomic E-state index is 0.0532. The first-order valence-corrected chi connectivity index (χ1v) is 9.59. The fraction of sp³-hybridized carbons (Fsp3) is 0.0952. The van der Waals surface area contributed by atoms with E-state index in [0.717, 1.165) is 21.9 Å². The molecule has 10 heteroatoms. The molecule has 0 bridgehead atoms. The smallest absolute Gasteiger partial charge is 0.288 e. The Kier molecular flexibility index (Phi) is 5.50. The molecule has 0 saturated heterocycles. The molecule has 0 aliphatic carbocycles. The van der Waals surface area contributed by atoms with Gasteiger partial charge in [0, 0.05) is 17.2 Å². The van der Waals surface area contributed by atoms with E-state index < -0.39 is 10.8 Å². The van der Waals surface area contributed by atoms with Gasteiger partial charge in [0.2, 0.25) is 5.95 Å². The lowest BCUT2D eigenvalue weighted by molar-refractivity contribution is -0.384. The van der Waals surface area contributed by atoms with Crippen molar-refractivity contribution in [1.82, 2.24) is 14.8 Å². The quantitative estimate of drug-likeness (QED) is 0.343. The molecule has 4 aromatic rings. The third kappa shape index (κ3) is 4.31. The number of benzene rings is 2. The van der Waals surface area contributed by atoms with Crippen LogP contribution in [0.3, 0.4) is 0 Å². The number of hydrogen-bond donors (Lipinski definition) is 1. The fourth-order valence-corrected chi connectivity index (χ4v) is 3.07. The van der Waals surface area contributed by atoms with Crippen LogP contribution < -0.4 is 5.32 Å². The van der Waals surface area contributed by atoms with Crippen LogP contribution in [0.5, 0.6) is 0 Å². The van der Waals surface area contributed by atoms with Crippen LogP contribution in [0.4, 0.5) is 11.6 Å². The SMILES string of the molecule is Cc1ccc(-c2nc(NCc3ccco3)n(C(=O)c3ccc(Cl)c([N+](=O)[O-])c3)n2)cc1. The van der Waals surface area contributed by atoms with Crippen molar-refractivity contribution >= 4 is 29.1 Å². The zero-order valence-corrected chi connectivity index (χ0v) is 17.0. The Balaban J connectivity index is 1.73. The van der Waals surface area contributed by atoms with Crippen LogP contribution in [0, 0.1) is 17.0 Å². The number of aromatic nitrogens is 3. The van der Waals surface area contributed by atoms with Crippen LogP contribution in [0.15, 0.2) is 65.3 Å². The predicted octanol–water partition coefficient (Wildman–Crippen LogP) is 4.71. The molecule has 0 spiro atoms. The summed E-state index contributed by atoms with van der Waals surface area (Å²) in [6.45, 7) is 2.23. The van der Waals surface area contributed by atoms with Crippen LogP contribution in [-0.4, -0.2) is 25.6 Å². The Hall–Kier alpha value is -3.98. The molecule has 0 saturated carbocycles. The monoisotopic (exact) mass is 437 g/mol. The van der Waals surface area contributed by atoms with Crippen molar-refractivity contribution in [2.45, 2.75) is 13.5 Å². The van der Waals surface area contributed by atoms with Crippen molar-refractivity contribution in [2.24, 2.45) is 0 Å². The van der Waals surface area contributed by atoms with Gasteiger partial charge in [-0.25, -0.2) is 0 Å². The van der Waals surface area contributed by atoms with Gasteiger partial charge in [-0.2, -0.15) is 9.67 Å². The third-order valence-corrected chi connectivity index (χ3v) is 4.82. The van der Waals surface area contributed by atoms with E-state index in [1.54, 1.807) is 12.1 Å². The molecule has 0 radical (unpaired) electrons. The number of anilines is 1. The van der Waals surface area contributed by atoms with Gasteiger partial charge in [0.15, 0.2) is 5.82 Å². The number of nitrogens with zero attached hydrogens (tertiary/aromatic N) is 4. The molecule has 1 N–H and O–H groups in total. The van der Waals surface area contributed by atoms with Gasteiger partial charge >= 0.3 is 0 Å². The molecule has 0 atom stereocenters. The first-order valence-electron chi connectivity index (χ1n) is 9.21. The molecule has 2 heterocycles. The molecule has 156 valence electrons. The Bertz CT molecular complexity index is 1250. The largest absolute Gasteiger partial charge is 0.467 e. The Morgan fingerprint density at radius 2 is 2.00 bits per heavy atom. The molecule has 0 aliphatic rings. The summed E-state index contributed by atoms with van der Waals surface area (Å²) in [6, 6.07) is 14.9. The molecular formula is C21H16ClN5O4. The van der Waals surface area contributed by atoms with Gasteiger partial charge in [-0.15, -0.1) is 5.10 Å². The average Bonchev–Trinajstić information content (AvgIpc) is 3.42. The second-order valence-electron chi connectivity index (χ2n) is 6.70. The molecule has 0 fully saturated rings. The van der Waals surface area contributed by atoms with E-state index in [2.05, 4.69) is 15.4 Å². The van der Waals surface area contributed by atoms with E-state index in [1.165, 1.54) is 18.4 Å². The zero-order chi connectivity index (χ0) is 22.0. The number of aryl methyl sites for hydroxylation is 1. The maximum absolute atomic E-state index is 13.1. The van der Waals surface area contributed by atoms with E-state index in [1.807, 2.05) is 31.2 Å². The first kappa shape index (κ1) is 20.3. The number of hydrogen-bond acceptors (Lipinski definition) is 7. The highest BCUT2D eigenvalue weighted by Gasteiger charge is 2.22. The van der Waals surface area contributed by atoms with E-state index in [4.69, 9.17) is 16.0 Å². The van der Waals surface area contributed by atoms with Gasteiger partial charge in [0.25, 0.3) is 11.6 Å². The van der Waals surface area contributed by atoms with Crippen molar-refractivity contribution in [3.63, 3.8) is 0 Å². The summed E-state index contributed by atoms with van der Waals surface area (Å²) in [5, 5.41) is 18.5. The van der Waals surface area contributed by atoms with Crippen molar-refractivity contribution in [1.29, 1.82) is 0 Å². The molecule has 4 rings (SSSR count). The summed E-state index contributed by atoms with van der Waals surface area (Å²) in [7, 11) is 0. The predicted molar refractivity (Wildman–Crippen MR) is 114 cm³/mol. The van der Waals surface area contributed by atoms with Gasteiger partial charge in [0.1, 0.15) is 10.8 Å². The van der Waals surface area contributed by atoms with Crippen LogP contribution in [0.1, 0.15) is 21.7 Å². The summed E-state index contributed by atoms with van der Waals surface area (Å²) in [4.78, 5) is 28.2. The molecule has 0 unspecified atom stereocenters. The minimum Gasteiger partial charge on any atom is -0.467 e. The lowest BCUT2D eigenvalue weighted by Crippen LogP contribution is -2.17. The van der Waals surface area contributed by atoms with E-state index >= 15 is 0 Å². The first-order chi connectivity index (χ1) is 14.9. The number of halogens is 1. The van der Waals surface area contributed by atoms with Crippen molar-refractivity contribution in [3.05, 3.63) is 92.9 Å². The molecule has 0 amide bonds. The Morgan fingerprint density at radius 3 is 2.68 bits per heavy atom. The molecule has 2 aromatic heterocycles. The van der Waals surface area contributed by atoms with Gasteiger partial charge < -0.3 is 9.73 Å². The van der Waals surface area contributed by atoms with Gasteiger partial charge in [-0.1, -0.05) is 41.4 Å². The maximum Gasteiger partial charge on any atom is 0.288 e. The standard InChI is InChI=1S/C21H16ClN5O4/c1-13-4-6-14(7-5-13)19-24-21(23-12-16-3-2-10-31-16)26(25-19)20(28)15-8-9-17(22)18(11-15)27(29)30/h2-11H,12H2,1H3,(H,23,24,25). The Morgan fingerprint density at radius 1 is 1.23 bits per heavy atom. The van der Waals surface area contributed by atoms with E-state index in [9.17, 15) is 14.9 Å². The number of rotatable bonds is 6. The van der Waals surface area contributed by atoms with E-state index in [0.29, 0.717) is 11.6 Å². The number of furan rings is 1. The number of nitrogens with one attached hydrogen (secondary N) is 1. The summed E-state index contributed by atoms with van der Waals surface area (Å²) < 4.78 is 6.38. The summed E-state index contributed by atoms with van der Waals surface area (Å²) >= 11 is 5.87. The highest BCUT2D eigenvalue weighted by molar-refractivity contribution is 6.32. The highest BCUT2D eigenvalue weighted by atomic mass is 35.5. The van der Waals surface area contributed by atoms with Crippen molar-refractivity contribution in [3.8, 4) is 11.4 Å². The topological polar surface area (TPSA) is 116 Å². The second-order valence-corrected chi connectivity index (χ2v) is 7.11. The third-order valence-electron chi connectivity index (χ3n) is 4.50. The van der Waals surface area contributed by atoms with Gasteiger partial charge in [-0.05, 0) is 31.2 Å². The van der Waals surface area contributed by atoms with Crippen molar-refractivity contribution < 1.29 is 14.1 Å².